The number of nitrogens with one attached hydrogen (secondary N) is 2. The third-order valence-electron chi connectivity index (χ3n) is 4.49. The number of pyridine rings is 1. The van der Waals surface area contributed by atoms with E-state index in [1.54, 1.807) is 6.20 Å². The van der Waals surface area contributed by atoms with Crippen LogP contribution in [-0.4, -0.2) is 24.0 Å². The predicted octanol–water partition coefficient (Wildman–Crippen LogP) is 3.19. The molecule has 1 aliphatic rings. The Balaban J connectivity index is 1.91. The number of anilines is 1. The topological polar surface area (TPSA) is 54.0 Å². The largest absolute Gasteiger partial charge is 0.373 e. The van der Waals surface area contributed by atoms with Gasteiger partial charge in [0.2, 0.25) is 0 Å². The summed E-state index contributed by atoms with van der Waals surface area (Å²) in [7, 11) is 1.84. The molecule has 1 heterocycles. The average molecular weight is 283 g/mol. The Labute approximate surface area is 125 Å². The summed E-state index contributed by atoms with van der Waals surface area (Å²) in [5.41, 5.74) is 0.649. The van der Waals surface area contributed by atoms with Gasteiger partial charge >= 0.3 is 0 Å². The van der Waals surface area contributed by atoms with Crippen molar-refractivity contribution in [2.45, 2.75) is 32.2 Å². The van der Waals surface area contributed by atoms with Gasteiger partial charge in [-0.15, -0.1) is 0 Å². The Morgan fingerprint density at radius 3 is 2.62 bits per heavy atom. The number of amides is 1. The lowest BCUT2D eigenvalue weighted by Gasteiger charge is -2.31. The zero-order valence-electron chi connectivity index (χ0n) is 12.5. The molecule has 21 heavy (non-hydrogen) atoms. The highest BCUT2D eigenvalue weighted by Gasteiger charge is 2.25. The summed E-state index contributed by atoms with van der Waals surface area (Å²) >= 11 is 0. The van der Waals surface area contributed by atoms with Gasteiger partial charge in [0.15, 0.2) is 0 Å². The standard InChI is InChI=1S/C17H21N3O/c1-11(12-6-5-7-12)20-17(21)15-10-19-16(18-2)14-9-4-3-8-13(14)15/h3-4,8-12H,5-7H2,1-2H3,(H,18,19)(H,20,21). The Bertz CT molecular complexity index is 664. The molecule has 1 saturated carbocycles. The van der Waals surface area contributed by atoms with Crippen LogP contribution in [0.1, 0.15) is 36.5 Å². The average Bonchev–Trinajstić information content (AvgIpc) is 2.44. The molecule has 110 valence electrons. The molecule has 4 nitrogen and oxygen atoms in total. The number of aromatic nitrogens is 1. The van der Waals surface area contributed by atoms with Gasteiger partial charge in [0.05, 0.1) is 5.56 Å². The first-order chi connectivity index (χ1) is 10.2. The van der Waals surface area contributed by atoms with Gasteiger partial charge in [-0.2, -0.15) is 0 Å². The van der Waals surface area contributed by atoms with E-state index in [0.717, 1.165) is 16.6 Å². The maximum absolute atomic E-state index is 12.5. The Hall–Kier alpha value is -2.10. The summed E-state index contributed by atoms with van der Waals surface area (Å²) in [6, 6.07) is 8.10. The molecule has 0 bridgehead atoms. The van der Waals surface area contributed by atoms with Crippen LogP contribution in [0, 0.1) is 5.92 Å². The van der Waals surface area contributed by atoms with Crippen LogP contribution in [-0.2, 0) is 0 Å². The molecule has 1 atom stereocenters. The molecular formula is C17H21N3O. The fourth-order valence-electron chi connectivity index (χ4n) is 2.92. The molecule has 1 aromatic carbocycles. The Kier molecular flexibility index (Phi) is 3.78. The normalized spacial score (nSPS) is 16.3. The molecule has 0 radical (unpaired) electrons. The lowest BCUT2D eigenvalue weighted by atomic mass is 9.80. The van der Waals surface area contributed by atoms with Crippen molar-refractivity contribution in [1.82, 2.24) is 10.3 Å². The van der Waals surface area contributed by atoms with Gasteiger partial charge in [0, 0.05) is 24.7 Å². The second-order valence-electron chi connectivity index (χ2n) is 5.77. The summed E-state index contributed by atoms with van der Waals surface area (Å²) in [4.78, 5) is 16.9. The summed E-state index contributed by atoms with van der Waals surface area (Å²) in [6.07, 6.45) is 5.39. The van der Waals surface area contributed by atoms with Gasteiger partial charge in [-0.3, -0.25) is 4.79 Å². The van der Waals surface area contributed by atoms with E-state index in [9.17, 15) is 4.79 Å². The first-order valence-electron chi connectivity index (χ1n) is 7.57. The number of hydrogen-bond donors (Lipinski definition) is 2. The fourth-order valence-corrected chi connectivity index (χ4v) is 2.92. The van der Waals surface area contributed by atoms with Gasteiger partial charge in [-0.05, 0) is 31.1 Å². The van der Waals surface area contributed by atoms with E-state index in [2.05, 4.69) is 22.5 Å². The molecule has 0 spiro atoms. The second-order valence-corrected chi connectivity index (χ2v) is 5.77. The molecule has 3 rings (SSSR count). The Morgan fingerprint density at radius 1 is 1.29 bits per heavy atom. The van der Waals surface area contributed by atoms with Gasteiger partial charge in [0.1, 0.15) is 5.82 Å². The van der Waals surface area contributed by atoms with Gasteiger partial charge < -0.3 is 10.6 Å². The summed E-state index contributed by atoms with van der Waals surface area (Å²) in [5.74, 6) is 1.40. The van der Waals surface area contributed by atoms with E-state index >= 15 is 0 Å². The van der Waals surface area contributed by atoms with Crippen LogP contribution in [0.15, 0.2) is 30.5 Å². The maximum atomic E-state index is 12.5. The Morgan fingerprint density at radius 2 is 2.00 bits per heavy atom. The highest BCUT2D eigenvalue weighted by molar-refractivity contribution is 6.09. The molecule has 0 saturated heterocycles. The molecule has 1 amide bonds. The minimum absolute atomic E-state index is 0.0271. The molecule has 1 unspecified atom stereocenters. The van der Waals surface area contributed by atoms with Crippen molar-refractivity contribution in [2.75, 3.05) is 12.4 Å². The minimum Gasteiger partial charge on any atom is -0.373 e. The molecule has 2 aromatic rings. The maximum Gasteiger partial charge on any atom is 0.253 e. The van der Waals surface area contributed by atoms with E-state index in [-0.39, 0.29) is 11.9 Å². The second kappa shape index (κ2) is 5.72. The van der Waals surface area contributed by atoms with E-state index in [0.29, 0.717) is 11.5 Å². The lowest BCUT2D eigenvalue weighted by molar-refractivity contribution is 0.0910. The highest BCUT2D eigenvalue weighted by Crippen LogP contribution is 2.30. The van der Waals surface area contributed by atoms with Crippen LogP contribution in [0.2, 0.25) is 0 Å². The highest BCUT2D eigenvalue weighted by atomic mass is 16.1. The zero-order valence-corrected chi connectivity index (χ0v) is 12.5. The first kappa shape index (κ1) is 13.9. The molecule has 0 aliphatic heterocycles. The third kappa shape index (κ3) is 2.58. The van der Waals surface area contributed by atoms with Crippen LogP contribution in [0.5, 0.6) is 0 Å². The van der Waals surface area contributed by atoms with Gasteiger partial charge in [0.25, 0.3) is 5.91 Å². The van der Waals surface area contributed by atoms with Crippen molar-refractivity contribution < 1.29 is 4.79 Å². The smallest absolute Gasteiger partial charge is 0.253 e. The van der Waals surface area contributed by atoms with Crippen molar-refractivity contribution in [3.63, 3.8) is 0 Å². The summed E-state index contributed by atoms with van der Waals surface area (Å²) < 4.78 is 0. The van der Waals surface area contributed by atoms with Crippen LogP contribution in [0.25, 0.3) is 10.8 Å². The molecule has 1 aromatic heterocycles. The number of nitrogens with zero attached hydrogens (tertiary/aromatic N) is 1. The van der Waals surface area contributed by atoms with Crippen LogP contribution >= 0.6 is 0 Å². The van der Waals surface area contributed by atoms with Crippen molar-refractivity contribution in [3.05, 3.63) is 36.0 Å². The summed E-state index contributed by atoms with van der Waals surface area (Å²) in [6.45, 7) is 2.10. The molecular weight excluding hydrogens is 262 g/mol. The van der Waals surface area contributed by atoms with Crippen molar-refractivity contribution in [2.24, 2.45) is 5.92 Å². The number of fused-ring (bicyclic) bond motifs is 1. The van der Waals surface area contributed by atoms with E-state index in [1.807, 2.05) is 31.3 Å². The predicted molar refractivity (Wildman–Crippen MR) is 85.6 cm³/mol. The van der Waals surface area contributed by atoms with Gasteiger partial charge in [-0.25, -0.2) is 4.98 Å². The number of carbonyl (C=O) groups excluding carboxylic acids is 1. The number of carbonyl (C=O) groups is 1. The third-order valence-corrected chi connectivity index (χ3v) is 4.49. The summed E-state index contributed by atoms with van der Waals surface area (Å²) in [5, 5.41) is 8.11. The number of rotatable bonds is 4. The molecule has 2 N–H and O–H groups in total. The molecule has 1 fully saturated rings. The SMILES string of the molecule is CNc1ncc(C(=O)NC(C)C2CCC2)c2ccccc12. The van der Waals surface area contributed by atoms with Crippen molar-refractivity contribution >= 4 is 22.5 Å². The number of hydrogen-bond acceptors (Lipinski definition) is 3. The number of benzene rings is 1. The van der Waals surface area contributed by atoms with Gasteiger partial charge in [-0.1, -0.05) is 30.7 Å². The van der Waals surface area contributed by atoms with Crippen LogP contribution in [0.3, 0.4) is 0 Å². The minimum atomic E-state index is -0.0271. The van der Waals surface area contributed by atoms with E-state index in [1.165, 1.54) is 19.3 Å². The lowest BCUT2D eigenvalue weighted by Crippen LogP contribution is -2.40. The monoisotopic (exact) mass is 283 g/mol. The quantitative estimate of drug-likeness (QED) is 0.906. The molecule has 1 aliphatic carbocycles. The van der Waals surface area contributed by atoms with Crippen molar-refractivity contribution in [1.29, 1.82) is 0 Å². The van der Waals surface area contributed by atoms with Crippen LogP contribution < -0.4 is 10.6 Å². The van der Waals surface area contributed by atoms with Crippen molar-refractivity contribution in [3.8, 4) is 0 Å². The van der Waals surface area contributed by atoms with E-state index in [4.69, 9.17) is 0 Å². The van der Waals surface area contributed by atoms with Crippen LogP contribution in [0.4, 0.5) is 5.82 Å². The molecule has 4 heteroatoms. The fraction of sp³-hybridized carbons (Fsp3) is 0.412. The van der Waals surface area contributed by atoms with E-state index < -0.39 is 0 Å². The zero-order chi connectivity index (χ0) is 14.8. The first-order valence-corrected chi connectivity index (χ1v) is 7.57.